The molecule has 4 heterocycles. The highest BCUT2D eigenvalue weighted by molar-refractivity contribution is 5.95. The van der Waals surface area contributed by atoms with Gasteiger partial charge in [-0.05, 0) is 75.4 Å². The maximum Gasteiger partial charge on any atom is 0.327 e. The molecule has 50 heavy (non-hydrogen) atoms. The zero-order valence-corrected chi connectivity index (χ0v) is 28.3. The van der Waals surface area contributed by atoms with Gasteiger partial charge in [-0.2, -0.15) is 5.10 Å². The lowest BCUT2D eigenvalue weighted by atomic mass is 9.94. The number of aliphatic hydroxyl groups is 1. The molecule has 3 fully saturated rings. The topological polar surface area (TPSA) is 109 Å². The molecule has 14 heteroatoms. The number of carbonyl (C=O) groups is 1. The number of urea groups is 1. The van der Waals surface area contributed by atoms with Crippen molar-refractivity contribution in [3.63, 3.8) is 0 Å². The molecule has 264 valence electrons. The molecule has 3 aromatic carbocycles. The van der Waals surface area contributed by atoms with Crippen molar-refractivity contribution in [3.05, 3.63) is 96.6 Å². The summed E-state index contributed by atoms with van der Waals surface area (Å²) >= 11 is 0. The number of amides is 2. The van der Waals surface area contributed by atoms with Crippen molar-refractivity contribution in [1.29, 1.82) is 0 Å². The van der Waals surface area contributed by atoms with Gasteiger partial charge in [-0.3, -0.25) is 9.80 Å². The van der Waals surface area contributed by atoms with E-state index in [0.717, 1.165) is 49.3 Å². The average molecular weight is 690 g/mol. The Morgan fingerprint density at radius 3 is 2.18 bits per heavy atom. The van der Waals surface area contributed by atoms with E-state index in [1.807, 2.05) is 62.4 Å². The van der Waals surface area contributed by atoms with E-state index in [-0.39, 0.29) is 43.9 Å². The first kappa shape index (κ1) is 33.7. The van der Waals surface area contributed by atoms with Gasteiger partial charge in [-0.25, -0.2) is 23.2 Å². The minimum atomic E-state index is -1.24. The normalized spacial score (nSPS) is 24.1. The fourth-order valence-electron chi connectivity index (χ4n) is 7.12. The summed E-state index contributed by atoms with van der Waals surface area (Å²) in [4.78, 5) is 24.8. The number of β-amino-alcohol motifs (C(OH)–C–C–N with tert-alkyl or cyclic N) is 1. The molecule has 4 aromatic rings. The molecular weight excluding hydrogens is 648 g/mol. The van der Waals surface area contributed by atoms with Crippen LogP contribution in [0.5, 0.6) is 5.75 Å². The number of piperazine rings is 1. The summed E-state index contributed by atoms with van der Waals surface area (Å²) < 4.78 is 48.2. The molecule has 1 unspecified atom stereocenters. The molecule has 0 aliphatic carbocycles. The third-order valence-corrected chi connectivity index (χ3v) is 9.49. The smallest absolute Gasteiger partial charge is 0.327 e. The second-order valence-corrected chi connectivity index (χ2v) is 13.4. The predicted octanol–water partition coefficient (Wildman–Crippen LogP) is 4.59. The fraction of sp³-hybridized carbons (Fsp3) is 0.417. The molecule has 3 atom stereocenters. The number of hydrogen-bond acceptors (Lipinski definition) is 9. The SMILES string of the molecule is CC(C)N1C(=O)N(c2ccc(N3CCN(c4ccc(OC[C@H]5OC[C@](Cn6cncn6)(c6ccc(F)cc6F)O5)cc4)CC3)cc2)CC1(C)O. The highest BCUT2D eigenvalue weighted by Crippen LogP contribution is 2.38. The lowest BCUT2D eigenvalue weighted by molar-refractivity contribution is -0.117. The zero-order chi connectivity index (χ0) is 35.0. The summed E-state index contributed by atoms with van der Waals surface area (Å²) in [5.41, 5.74) is 0.642. The largest absolute Gasteiger partial charge is 0.488 e. The lowest BCUT2D eigenvalue weighted by Gasteiger charge is -2.37. The molecule has 2 amide bonds. The number of benzene rings is 3. The molecule has 0 radical (unpaired) electrons. The third-order valence-electron chi connectivity index (χ3n) is 9.49. The Kier molecular flexibility index (Phi) is 9.09. The molecule has 3 aliphatic rings. The molecule has 1 N–H and O–H groups in total. The van der Waals surface area contributed by atoms with Gasteiger partial charge in [-0.15, -0.1) is 0 Å². The van der Waals surface area contributed by atoms with Gasteiger partial charge >= 0.3 is 6.03 Å². The van der Waals surface area contributed by atoms with E-state index in [1.165, 1.54) is 34.4 Å². The van der Waals surface area contributed by atoms with Crippen LogP contribution in [0.2, 0.25) is 0 Å². The third kappa shape index (κ3) is 6.70. The van der Waals surface area contributed by atoms with Crippen LogP contribution >= 0.6 is 0 Å². The zero-order valence-electron chi connectivity index (χ0n) is 28.3. The van der Waals surface area contributed by atoms with Crippen molar-refractivity contribution in [2.45, 2.75) is 51.0 Å². The number of ether oxygens (including phenoxy) is 3. The van der Waals surface area contributed by atoms with Crippen LogP contribution in [0.3, 0.4) is 0 Å². The van der Waals surface area contributed by atoms with Crippen LogP contribution in [0, 0.1) is 11.6 Å². The maximum absolute atomic E-state index is 14.9. The van der Waals surface area contributed by atoms with E-state index >= 15 is 0 Å². The van der Waals surface area contributed by atoms with Crippen LogP contribution < -0.4 is 19.4 Å². The number of anilines is 3. The monoisotopic (exact) mass is 689 g/mol. The van der Waals surface area contributed by atoms with Crippen LogP contribution in [0.25, 0.3) is 0 Å². The molecule has 1 aromatic heterocycles. The molecule has 0 spiro atoms. The van der Waals surface area contributed by atoms with Crippen LogP contribution in [0.1, 0.15) is 26.3 Å². The Morgan fingerprint density at radius 2 is 1.60 bits per heavy atom. The molecule has 0 saturated carbocycles. The van der Waals surface area contributed by atoms with Gasteiger partial charge < -0.3 is 29.1 Å². The minimum absolute atomic E-state index is 0.0247. The van der Waals surface area contributed by atoms with Gasteiger partial charge in [0.2, 0.25) is 0 Å². The summed E-state index contributed by atoms with van der Waals surface area (Å²) in [6, 6.07) is 18.9. The van der Waals surface area contributed by atoms with Crippen molar-refractivity contribution >= 4 is 23.1 Å². The average Bonchev–Trinajstić information content (AvgIpc) is 3.82. The van der Waals surface area contributed by atoms with Gasteiger partial charge in [0, 0.05) is 60.9 Å². The molecule has 7 rings (SSSR count). The second kappa shape index (κ2) is 13.5. The van der Waals surface area contributed by atoms with Crippen LogP contribution in [-0.2, 0) is 21.6 Å². The van der Waals surface area contributed by atoms with Crippen molar-refractivity contribution in [2.24, 2.45) is 0 Å². The highest BCUT2D eigenvalue weighted by Gasteiger charge is 2.47. The Morgan fingerprint density at radius 1 is 0.960 bits per heavy atom. The van der Waals surface area contributed by atoms with E-state index in [9.17, 15) is 18.7 Å². The molecule has 3 saturated heterocycles. The number of halogens is 2. The predicted molar refractivity (Wildman–Crippen MR) is 182 cm³/mol. The lowest BCUT2D eigenvalue weighted by Crippen LogP contribution is -2.48. The van der Waals surface area contributed by atoms with Crippen LogP contribution in [0.15, 0.2) is 79.4 Å². The van der Waals surface area contributed by atoms with E-state index in [1.54, 1.807) is 11.8 Å². The van der Waals surface area contributed by atoms with Gasteiger partial charge in [-0.1, -0.05) is 6.07 Å². The van der Waals surface area contributed by atoms with E-state index in [4.69, 9.17) is 14.2 Å². The van der Waals surface area contributed by atoms with Crippen LogP contribution in [-0.4, -0.2) is 94.8 Å². The summed E-state index contributed by atoms with van der Waals surface area (Å²) in [5.74, 6) is -0.769. The standard InChI is InChI=1S/C36H41F2N7O5/c1-25(2)45-34(46)44(20-35(45,3)47)29-7-5-27(6-8-29)41-14-16-42(17-15-41)28-9-11-30(12-10-28)48-19-33-49-22-36(50-33,21-43-24-39-23-40-43)31-13-4-26(37)18-32(31)38/h4-13,18,23-25,33,47H,14-17,19-22H2,1-3H3/t33-,35?,36+/m0/s1. The molecule has 3 aliphatic heterocycles. The van der Waals surface area contributed by atoms with E-state index < -0.39 is 29.3 Å². The Labute approximate surface area is 289 Å². The summed E-state index contributed by atoms with van der Waals surface area (Å²) in [7, 11) is 0. The van der Waals surface area contributed by atoms with E-state index in [0.29, 0.717) is 5.75 Å². The number of nitrogens with zero attached hydrogens (tertiary/aromatic N) is 7. The molecule has 12 nitrogen and oxygen atoms in total. The van der Waals surface area contributed by atoms with Crippen molar-refractivity contribution in [3.8, 4) is 5.75 Å². The number of rotatable bonds is 10. The maximum atomic E-state index is 14.9. The minimum Gasteiger partial charge on any atom is -0.488 e. The summed E-state index contributed by atoms with van der Waals surface area (Å²) in [5, 5.41) is 14.9. The van der Waals surface area contributed by atoms with Gasteiger partial charge in [0.25, 0.3) is 0 Å². The number of hydrogen-bond donors (Lipinski definition) is 1. The first-order valence-electron chi connectivity index (χ1n) is 16.7. The molecule has 0 bridgehead atoms. The van der Waals surface area contributed by atoms with Crippen molar-refractivity contribution in [2.75, 3.05) is 60.6 Å². The summed E-state index contributed by atoms with van der Waals surface area (Å²) in [6.45, 7) is 9.24. The first-order chi connectivity index (χ1) is 24.0. The van der Waals surface area contributed by atoms with Gasteiger partial charge in [0.15, 0.2) is 12.0 Å². The Balaban J connectivity index is 0.918. The number of carbonyl (C=O) groups excluding carboxylic acids is 1. The number of aromatic nitrogens is 3. The second-order valence-electron chi connectivity index (χ2n) is 13.4. The summed E-state index contributed by atoms with van der Waals surface area (Å²) in [6.07, 6.45) is 2.09. The highest BCUT2D eigenvalue weighted by atomic mass is 19.1. The van der Waals surface area contributed by atoms with Crippen molar-refractivity contribution in [1.82, 2.24) is 19.7 Å². The van der Waals surface area contributed by atoms with E-state index in [2.05, 4.69) is 19.9 Å². The molecular formula is C36H41F2N7O5. The Hall–Kier alpha value is -4.79. The van der Waals surface area contributed by atoms with Crippen LogP contribution in [0.4, 0.5) is 30.6 Å². The van der Waals surface area contributed by atoms with Gasteiger partial charge in [0.1, 0.15) is 42.2 Å². The quantitative estimate of drug-likeness (QED) is 0.256. The fourth-order valence-corrected chi connectivity index (χ4v) is 7.12. The van der Waals surface area contributed by atoms with Crippen molar-refractivity contribution < 1.29 is 32.9 Å². The first-order valence-corrected chi connectivity index (χ1v) is 16.7. The Bertz CT molecular complexity index is 1780. The van der Waals surface area contributed by atoms with Gasteiger partial charge in [0.05, 0.1) is 19.7 Å².